The van der Waals surface area contributed by atoms with Gasteiger partial charge in [0, 0.05) is 12.8 Å². The highest BCUT2D eigenvalue weighted by Gasteiger charge is 2.11. The van der Waals surface area contributed by atoms with Gasteiger partial charge in [0.15, 0.2) is 0 Å². The van der Waals surface area contributed by atoms with Gasteiger partial charge in [-0.2, -0.15) is 0 Å². The fourth-order valence-electron chi connectivity index (χ4n) is 6.44. The lowest BCUT2D eigenvalue weighted by molar-refractivity contribution is -0.135. The number of hydrogen-bond donors (Lipinski definition) is 0. The monoisotopic (exact) mass is 657 g/mol. The maximum absolute atomic E-state index is 12.4. The van der Waals surface area contributed by atoms with Crippen LogP contribution < -0.4 is 9.47 Å². The van der Waals surface area contributed by atoms with E-state index in [1.165, 1.54) is 167 Å². The first-order valence-corrected chi connectivity index (χ1v) is 20.6. The van der Waals surface area contributed by atoms with Crippen molar-refractivity contribution in [3.05, 3.63) is 23.8 Å². The van der Waals surface area contributed by atoms with Crippen LogP contribution in [0.1, 0.15) is 225 Å². The lowest BCUT2D eigenvalue weighted by atomic mass is 10.0. The average Bonchev–Trinajstić information content (AvgIpc) is 3.06. The summed E-state index contributed by atoms with van der Waals surface area (Å²) in [6.07, 6.45) is 40.2. The molecule has 0 N–H and O–H groups in total. The van der Waals surface area contributed by atoms with Gasteiger partial charge in [0.1, 0.15) is 11.5 Å². The minimum Gasteiger partial charge on any atom is -0.427 e. The van der Waals surface area contributed by atoms with Gasteiger partial charge >= 0.3 is 11.9 Å². The molecule has 47 heavy (non-hydrogen) atoms. The molecular formula is C43H76O4. The lowest BCUT2D eigenvalue weighted by Crippen LogP contribution is -2.10. The van der Waals surface area contributed by atoms with Gasteiger partial charge in [0.25, 0.3) is 0 Å². The van der Waals surface area contributed by atoms with E-state index in [2.05, 4.69) is 13.8 Å². The molecule has 4 nitrogen and oxygen atoms in total. The molecule has 0 bridgehead atoms. The van der Waals surface area contributed by atoms with Crippen LogP contribution in [0.2, 0.25) is 0 Å². The third-order valence-electron chi connectivity index (χ3n) is 9.57. The Labute approximate surface area is 291 Å². The Morgan fingerprint density at radius 1 is 0.426 bits per heavy atom. The van der Waals surface area contributed by atoms with Gasteiger partial charge in [0.2, 0.25) is 0 Å². The van der Waals surface area contributed by atoms with Gasteiger partial charge in [-0.15, -0.1) is 0 Å². The van der Waals surface area contributed by atoms with Crippen LogP contribution in [0.25, 0.3) is 0 Å². The maximum atomic E-state index is 12.4. The zero-order valence-corrected chi connectivity index (χ0v) is 31.5. The van der Waals surface area contributed by atoms with E-state index in [0.717, 1.165) is 31.2 Å². The van der Waals surface area contributed by atoms with E-state index in [1.807, 2.05) is 6.92 Å². The second-order valence-electron chi connectivity index (χ2n) is 14.3. The average molecular weight is 657 g/mol. The van der Waals surface area contributed by atoms with E-state index in [-0.39, 0.29) is 11.9 Å². The van der Waals surface area contributed by atoms with Crippen LogP contribution in [0.5, 0.6) is 11.5 Å². The molecule has 0 aliphatic rings. The molecule has 4 heteroatoms. The first kappa shape index (κ1) is 43.2. The van der Waals surface area contributed by atoms with Gasteiger partial charge in [-0.05, 0) is 43.5 Å². The number of carbonyl (C=O) groups is 2. The standard InChI is InChI=1S/C43H76O4/c1-4-6-8-10-12-14-16-18-20-22-24-26-28-30-32-34-42(44)46-40-36-37-41(39(3)38-40)47-43(45)35-33-31-29-27-25-23-21-19-17-15-13-11-9-7-5-2/h36-38H,4-35H2,1-3H3. The van der Waals surface area contributed by atoms with Crippen LogP contribution in [0, 0.1) is 6.92 Å². The highest BCUT2D eigenvalue weighted by atomic mass is 16.5. The van der Waals surface area contributed by atoms with Gasteiger partial charge in [-0.3, -0.25) is 9.59 Å². The highest BCUT2D eigenvalue weighted by molar-refractivity contribution is 5.74. The third kappa shape index (κ3) is 27.8. The summed E-state index contributed by atoms with van der Waals surface area (Å²) in [6.45, 7) is 6.45. The zero-order valence-electron chi connectivity index (χ0n) is 31.5. The number of aryl methyl sites for hydroxylation is 1. The van der Waals surface area contributed by atoms with Crippen molar-refractivity contribution in [2.24, 2.45) is 0 Å². The lowest BCUT2D eigenvalue weighted by Gasteiger charge is -2.10. The molecule has 272 valence electrons. The normalized spacial score (nSPS) is 11.2. The summed E-state index contributed by atoms with van der Waals surface area (Å²) < 4.78 is 11.2. The largest absolute Gasteiger partial charge is 0.427 e. The Morgan fingerprint density at radius 2 is 0.723 bits per heavy atom. The van der Waals surface area contributed by atoms with E-state index in [0.29, 0.717) is 24.3 Å². The maximum Gasteiger partial charge on any atom is 0.311 e. The van der Waals surface area contributed by atoms with Gasteiger partial charge < -0.3 is 9.47 Å². The summed E-state index contributed by atoms with van der Waals surface area (Å²) >= 11 is 0. The summed E-state index contributed by atoms with van der Waals surface area (Å²) in [5, 5.41) is 0. The second kappa shape index (κ2) is 32.7. The molecule has 0 aliphatic heterocycles. The number of benzene rings is 1. The van der Waals surface area contributed by atoms with E-state index >= 15 is 0 Å². The van der Waals surface area contributed by atoms with Crippen LogP contribution in [0.4, 0.5) is 0 Å². The topological polar surface area (TPSA) is 52.6 Å². The predicted molar refractivity (Wildman–Crippen MR) is 202 cm³/mol. The van der Waals surface area contributed by atoms with Gasteiger partial charge in [0.05, 0.1) is 0 Å². The van der Waals surface area contributed by atoms with Crippen molar-refractivity contribution < 1.29 is 19.1 Å². The fraction of sp³-hybridized carbons (Fsp3) is 0.814. The third-order valence-corrected chi connectivity index (χ3v) is 9.57. The molecule has 1 rings (SSSR count). The molecule has 0 aromatic heterocycles. The van der Waals surface area contributed by atoms with Crippen LogP contribution in [0.3, 0.4) is 0 Å². The summed E-state index contributed by atoms with van der Waals surface area (Å²) in [5.74, 6) is 0.714. The van der Waals surface area contributed by atoms with Crippen molar-refractivity contribution >= 4 is 11.9 Å². The fourth-order valence-corrected chi connectivity index (χ4v) is 6.44. The molecule has 0 aliphatic carbocycles. The Balaban J connectivity index is 1.99. The summed E-state index contributed by atoms with van der Waals surface area (Å²) in [7, 11) is 0. The Hall–Kier alpha value is -1.84. The number of unbranched alkanes of at least 4 members (excludes halogenated alkanes) is 28. The van der Waals surface area contributed by atoms with Crippen LogP contribution in [0.15, 0.2) is 18.2 Å². The summed E-state index contributed by atoms with van der Waals surface area (Å²) in [6, 6.07) is 5.27. The van der Waals surface area contributed by atoms with E-state index in [1.54, 1.807) is 18.2 Å². The molecule has 0 saturated heterocycles. The molecule has 0 radical (unpaired) electrons. The number of hydrogen-bond acceptors (Lipinski definition) is 4. The zero-order chi connectivity index (χ0) is 34.0. The molecule has 0 heterocycles. The second-order valence-corrected chi connectivity index (χ2v) is 14.3. The molecule has 0 spiro atoms. The quantitative estimate of drug-likeness (QED) is 0.0421. The minimum absolute atomic E-state index is 0.180. The van der Waals surface area contributed by atoms with Crippen LogP contribution >= 0.6 is 0 Å². The van der Waals surface area contributed by atoms with Crippen molar-refractivity contribution in [1.29, 1.82) is 0 Å². The Kier molecular flexibility index (Phi) is 30.0. The first-order chi connectivity index (χ1) is 23.1. The van der Waals surface area contributed by atoms with E-state index in [9.17, 15) is 9.59 Å². The number of esters is 2. The van der Waals surface area contributed by atoms with Crippen molar-refractivity contribution in [2.45, 2.75) is 226 Å². The van der Waals surface area contributed by atoms with Crippen molar-refractivity contribution in [2.75, 3.05) is 0 Å². The smallest absolute Gasteiger partial charge is 0.311 e. The van der Waals surface area contributed by atoms with Crippen molar-refractivity contribution in [3.63, 3.8) is 0 Å². The number of rotatable bonds is 34. The predicted octanol–water partition coefficient (Wildman–Crippen LogP) is 14.3. The molecule has 0 amide bonds. The number of carbonyl (C=O) groups excluding carboxylic acids is 2. The summed E-state index contributed by atoms with van der Waals surface area (Å²) in [4.78, 5) is 24.7. The van der Waals surface area contributed by atoms with Crippen LogP contribution in [-0.2, 0) is 9.59 Å². The van der Waals surface area contributed by atoms with E-state index < -0.39 is 0 Å². The minimum atomic E-state index is -0.183. The SMILES string of the molecule is CCCCCCCCCCCCCCCCCC(=O)Oc1ccc(OC(=O)CCCCCCCCCCCCCCCCC)c(C)c1. The first-order valence-electron chi connectivity index (χ1n) is 20.6. The highest BCUT2D eigenvalue weighted by Crippen LogP contribution is 2.25. The van der Waals surface area contributed by atoms with Gasteiger partial charge in [-0.1, -0.05) is 194 Å². The molecule has 0 fully saturated rings. The molecule has 1 aromatic rings. The molecule has 0 saturated carbocycles. The molecule has 0 unspecified atom stereocenters. The number of ether oxygens (including phenoxy) is 2. The Morgan fingerprint density at radius 3 is 1.04 bits per heavy atom. The van der Waals surface area contributed by atoms with Gasteiger partial charge in [-0.25, -0.2) is 0 Å². The Bertz CT molecular complexity index is 863. The van der Waals surface area contributed by atoms with Crippen LogP contribution in [-0.4, -0.2) is 11.9 Å². The molecule has 1 aromatic carbocycles. The summed E-state index contributed by atoms with van der Waals surface area (Å²) in [5.41, 5.74) is 0.812. The molecule has 0 atom stereocenters. The van der Waals surface area contributed by atoms with Crippen molar-refractivity contribution in [1.82, 2.24) is 0 Å². The van der Waals surface area contributed by atoms with E-state index in [4.69, 9.17) is 9.47 Å². The molecular weight excluding hydrogens is 580 g/mol. The van der Waals surface area contributed by atoms with Crippen molar-refractivity contribution in [3.8, 4) is 11.5 Å².